The Kier molecular flexibility index (Phi) is 5.80. The normalized spacial score (nSPS) is 12.0. The van der Waals surface area contributed by atoms with E-state index >= 15 is 0 Å². The molecule has 0 fully saturated rings. The molecule has 0 aliphatic rings. The number of amides is 1. The first kappa shape index (κ1) is 17.1. The fraction of sp³-hybridized carbons (Fsp3) is 0.350. The topological polar surface area (TPSA) is 41.1 Å². The van der Waals surface area contributed by atoms with E-state index in [0.717, 1.165) is 23.4 Å². The van der Waals surface area contributed by atoms with Crippen molar-refractivity contribution in [2.45, 2.75) is 46.1 Å². The first-order valence-corrected chi connectivity index (χ1v) is 8.26. The highest BCUT2D eigenvalue weighted by Crippen LogP contribution is 2.24. The van der Waals surface area contributed by atoms with Crippen LogP contribution in [-0.4, -0.2) is 11.9 Å². The zero-order valence-corrected chi connectivity index (χ0v) is 14.4. The second kappa shape index (κ2) is 7.82. The van der Waals surface area contributed by atoms with Gasteiger partial charge in [-0.25, -0.2) is 0 Å². The van der Waals surface area contributed by atoms with Gasteiger partial charge in [0.1, 0.15) is 6.04 Å². The highest BCUT2D eigenvalue weighted by molar-refractivity contribution is 5.96. The minimum Gasteiger partial charge on any atom is -0.374 e. The van der Waals surface area contributed by atoms with Gasteiger partial charge >= 0.3 is 0 Å². The molecule has 1 amide bonds. The van der Waals surface area contributed by atoms with Crippen LogP contribution in [0.15, 0.2) is 48.5 Å². The molecular weight excluding hydrogens is 284 g/mol. The van der Waals surface area contributed by atoms with E-state index in [-0.39, 0.29) is 11.9 Å². The van der Waals surface area contributed by atoms with E-state index in [1.807, 2.05) is 37.3 Å². The Labute approximate surface area is 139 Å². The summed E-state index contributed by atoms with van der Waals surface area (Å²) in [4.78, 5) is 12.4. The van der Waals surface area contributed by atoms with Crippen molar-refractivity contribution in [2.24, 2.45) is 0 Å². The Hall–Kier alpha value is -2.29. The van der Waals surface area contributed by atoms with E-state index in [2.05, 4.69) is 49.6 Å². The number of rotatable bonds is 6. The summed E-state index contributed by atoms with van der Waals surface area (Å²) in [7, 11) is 0. The van der Waals surface area contributed by atoms with Crippen LogP contribution in [0.3, 0.4) is 0 Å². The summed E-state index contributed by atoms with van der Waals surface area (Å²) >= 11 is 0. The Morgan fingerprint density at radius 1 is 1.00 bits per heavy atom. The third kappa shape index (κ3) is 4.59. The van der Waals surface area contributed by atoms with Gasteiger partial charge in [-0.2, -0.15) is 0 Å². The summed E-state index contributed by atoms with van der Waals surface area (Å²) in [5.41, 5.74) is 4.29. The van der Waals surface area contributed by atoms with Crippen LogP contribution < -0.4 is 10.6 Å². The smallest absolute Gasteiger partial charge is 0.246 e. The average Bonchev–Trinajstić information content (AvgIpc) is 2.55. The Morgan fingerprint density at radius 3 is 2.26 bits per heavy atom. The summed E-state index contributed by atoms with van der Waals surface area (Å²) in [6.45, 7) is 8.26. The second-order valence-electron chi connectivity index (χ2n) is 6.15. The summed E-state index contributed by atoms with van der Waals surface area (Å²) in [5, 5.41) is 6.28. The van der Waals surface area contributed by atoms with Gasteiger partial charge in [0.15, 0.2) is 0 Å². The van der Waals surface area contributed by atoms with Gasteiger partial charge < -0.3 is 10.6 Å². The maximum Gasteiger partial charge on any atom is 0.246 e. The lowest BCUT2D eigenvalue weighted by atomic mass is 10.0. The van der Waals surface area contributed by atoms with Crippen molar-refractivity contribution in [1.29, 1.82) is 0 Å². The molecule has 0 aliphatic heterocycles. The lowest BCUT2D eigenvalue weighted by Crippen LogP contribution is -2.32. The Morgan fingerprint density at radius 2 is 1.65 bits per heavy atom. The van der Waals surface area contributed by atoms with Gasteiger partial charge in [0.25, 0.3) is 0 Å². The van der Waals surface area contributed by atoms with E-state index in [1.54, 1.807) is 0 Å². The number of carbonyl (C=O) groups excluding carboxylic acids is 1. The van der Waals surface area contributed by atoms with Crippen molar-refractivity contribution in [3.63, 3.8) is 0 Å². The fourth-order valence-corrected chi connectivity index (χ4v) is 2.51. The van der Waals surface area contributed by atoms with Crippen LogP contribution in [0, 0.1) is 0 Å². The van der Waals surface area contributed by atoms with E-state index in [9.17, 15) is 4.79 Å². The third-order valence-corrected chi connectivity index (χ3v) is 3.98. The molecule has 2 aromatic carbocycles. The number of hydrogen-bond donors (Lipinski definition) is 2. The van der Waals surface area contributed by atoms with Gasteiger partial charge in [-0.1, -0.05) is 51.1 Å². The lowest BCUT2D eigenvalue weighted by molar-refractivity contribution is -0.116. The van der Waals surface area contributed by atoms with Gasteiger partial charge in [-0.15, -0.1) is 0 Å². The molecule has 0 heterocycles. The van der Waals surface area contributed by atoms with Gasteiger partial charge in [-0.3, -0.25) is 4.79 Å². The fourth-order valence-electron chi connectivity index (χ4n) is 2.51. The molecule has 0 radical (unpaired) electrons. The molecule has 23 heavy (non-hydrogen) atoms. The SMILES string of the molecule is CCc1ccc(NC(C)C(=O)Nc2ccccc2C(C)C)cc1. The molecule has 1 unspecified atom stereocenters. The molecule has 0 saturated carbocycles. The lowest BCUT2D eigenvalue weighted by Gasteiger charge is -2.18. The molecule has 0 spiro atoms. The first-order valence-electron chi connectivity index (χ1n) is 8.26. The van der Waals surface area contributed by atoms with Crippen molar-refractivity contribution in [1.82, 2.24) is 0 Å². The van der Waals surface area contributed by atoms with E-state index in [4.69, 9.17) is 0 Å². The van der Waals surface area contributed by atoms with Crippen molar-refractivity contribution >= 4 is 17.3 Å². The van der Waals surface area contributed by atoms with Crippen molar-refractivity contribution in [3.8, 4) is 0 Å². The molecule has 1 atom stereocenters. The highest BCUT2D eigenvalue weighted by Gasteiger charge is 2.15. The van der Waals surface area contributed by atoms with Crippen LogP contribution >= 0.6 is 0 Å². The molecule has 2 rings (SSSR count). The van der Waals surface area contributed by atoms with Gasteiger partial charge in [0.05, 0.1) is 0 Å². The second-order valence-corrected chi connectivity index (χ2v) is 6.15. The third-order valence-electron chi connectivity index (χ3n) is 3.98. The number of anilines is 2. The van der Waals surface area contributed by atoms with Gasteiger partial charge in [0.2, 0.25) is 5.91 Å². The quantitative estimate of drug-likeness (QED) is 0.803. The number of nitrogens with one attached hydrogen (secondary N) is 2. The van der Waals surface area contributed by atoms with Crippen molar-refractivity contribution in [3.05, 3.63) is 59.7 Å². The van der Waals surface area contributed by atoms with E-state index in [0.29, 0.717) is 5.92 Å². The molecular formula is C20H26N2O. The molecule has 2 aromatic rings. The number of para-hydroxylation sites is 1. The number of benzene rings is 2. The molecule has 0 aromatic heterocycles. The van der Waals surface area contributed by atoms with Gasteiger partial charge in [-0.05, 0) is 48.6 Å². The zero-order valence-electron chi connectivity index (χ0n) is 14.4. The largest absolute Gasteiger partial charge is 0.374 e. The molecule has 0 saturated heterocycles. The highest BCUT2D eigenvalue weighted by atomic mass is 16.2. The number of hydrogen-bond acceptors (Lipinski definition) is 2. The molecule has 3 nitrogen and oxygen atoms in total. The van der Waals surface area contributed by atoms with Crippen molar-refractivity contribution < 1.29 is 4.79 Å². The van der Waals surface area contributed by atoms with Crippen LogP contribution in [0.1, 0.15) is 44.7 Å². The Bertz CT molecular complexity index is 647. The standard InChI is InChI=1S/C20H26N2O/c1-5-16-10-12-17(13-11-16)21-15(4)20(23)22-19-9-7-6-8-18(19)14(2)3/h6-15,21H,5H2,1-4H3,(H,22,23). The molecule has 122 valence electrons. The number of aryl methyl sites for hydroxylation is 1. The monoisotopic (exact) mass is 310 g/mol. The molecule has 2 N–H and O–H groups in total. The van der Waals surface area contributed by atoms with Crippen LogP contribution in [0.5, 0.6) is 0 Å². The average molecular weight is 310 g/mol. The molecule has 3 heteroatoms. The maximum atomic E-state index is 12.4. The summed E-state index contributed by atoms with van der Waals surface area (Å²) in [6, 6.07) is 15.9. The summed E-state index contributed by atoms with van der Waals surface area (Å²) in [6.07, 6.45) is 1.02. The predicted molar refractivity (Wildman–Crippen MR) is 98.1 cm³/mol. The summed E-state index contributed by atoms with van der Waals surface area (Å²) < 4.78 is 0. The zero-order chi connectivity index (χ0) is 16.8. The Balaban J connectivity index is 2.02. The van der Waals surface area contributed by atoms with Crippen LogP contribution in [-0.2, 0) is 11.2 Å². The minimum absolute atomic E-state index is 0.0299. The van der Waals surface area contributed by atoms with Crippen LogP contribution in [0.2, 0.25) is 0 Å². The van der Waals surface area contributed by atoms with Gasteiger partial charge in [0, 0.05) is 11.4 Å². The van der Waals surface area contributed by atoms with E-state index in [1.165, 1.54) is 5.56 Å². The predicted octanol–water partition coefficient (Wildman–Crippen LogP) is 4.81. The molecule has 0 bridgehead atoms. The number of carbonyl (C=O) groups is 1. The van der Waals surface area contributed by atoms with Crippen LogP contribution in [0.25, 0.3) is 0 Å². The van der Waals surface area contributed by atoms with E-state index < -0.39 is 0 Å². The van der Waals surface area contributed by atoms with Crippen LogP contribution in [0.4, 0.5) is 11.4 Å². The molecule has 0 aliphatic carbocycles. The first-order chi connectivity index (χ1) is 11.0. The maximum absolute atomic E-state index is 12.4. The van der Waals surface area contributed by atoms with Crippen molar-refractivity contribution in [2.75, 3.05) is 10.6 Å². The minimum atomic E-state index is -0.303. The summed E-state index contributed by atoms with van der Waals surface area (Å²) in [5.74, 6) is 0.342.